The highest BCUT2D eigenvalue weighted by Gasteiger charge is 2.19. The van der Waals surface area contributed by atoms with E-state index in [1.807, 2.05) is 30.3 Å². The Morgan fingerprint density at radius 1 is 1.29 bits per heavy atom. The van der Waals surface area contributed by atoms with Crippen LogP contribution < -0.4 is 5.73 Å². The van der Waals surface area contributed by atoms with Gasteiger partial charge in [-0.1, -0.05) is 18.2 Å². The van der Waals surface area contributed by atoms with Gasteiger partial charge in [0.1, 0.15) is 21.0 Å². The molecule has 0 aliphatic rings. The smallest absolute Gasteiger partial charge is 0.348 e. The van der Waals surface area contributed by atoms with Crippen LogP contribution in [0.1, 0.15) is 16.6 Å². The maximum atomic E-state index is 12.0. The van der Waals surface area contributed by atoms with Crippen LogP contribution in [0, 0.1) is 0 Å². The number of carbonyl (C=O) groups is 1. The van der Waals surface area contributed by atoms with Crippen molar-refractivity contribution in [1.82, 2.24) is 9.97 Å². The van der Waals surface area contributed by atoms with E-state index >= 15 is 0 Å². The number of esters is 1. The fraction of sp³-hybridized carbons (Fsp3) is 0.118. The Balaban J connectivity index is 1.92. The van der Waals surface area contributed by atoms with Gasteiger partial charge in [-0.3, -0.25) is 0 Å². The number of anilines is 1. The lowest BCUT2D eigenvalue weighted by atomic mass is 10.2. The van der Waals surface area contributed by atoms with E-state index in [4.69, 9.17) is 14.9 Å². The molecule has 0 bridgehead atoms. The zero-order chi connectivity index (χ0) is 16.7. The van der Waals surface area contributed by atoms with Crippen molar-refractivity contribution in [2.24, 2.45) is 0 Å². The number of nitrogens with two attached hydrogens (primary N) is 1. The largest absolute Gasteiger partial charge is 0.462 e. The molecule has 0 aliphatic heterocycles. The number of fused-ring (bicyclic) bond motifs is 2. The second-order valence-electron chi connectivity index (χ2n) is 5.13. The molecule has 0 radical (unpaired) electrons. The van der Waals surface area contributed by atoms with Crippen LogP contribution in [0.2, 0.25) is 0 Å². The summed E-state index contributed by atoms with van der Waals surface area (Å²) in [6.45, 7) is 2.08. The summed E-state index contributed by atoms with van der Waals surface area (Å²) in [7, 11) is 0. The molecule has 0 saturated heterocycles. The van der Waals surface area contributed by atoms with Gasteiger partial charge < -0.3 is 14.9 Å². The minimum absolute atomic E-state index is 0.134. The van der Waals surface area contributed by atoms with Crippen molar-refractivity contribution < 1.29 is 13.9 Å². The van der Waals surface area contributed by atoms with E-state index < -0.39 is 0 Å². The number of nitrogen functional groups attached to an aromatic ring is 1. The Morgan fingerprint density at radius 2 is 2.12 bits per heavy atom. The minimum atomic E-state index is -0.380. The Kier molecular flexibility index (Phi) is 3.42. The molecule has 2 N–H and O–H groups in total. The van der Waals surface area contributed by atoms with Crippen molar-refractivity contribution in [1.29, 1.82) is 0 Å². The fourth-order valence-electron chi connectivity index (χ4n) is 2.53. The number of hydrogen-bond acceptors (Lipinski definition) is 7. The van der Waals surface area contributed by atoms with Crippen molar-refractivity contribution >= 4 is 44.4 Å². The maximum Gasteiger partial charge on any atom is 0.348 e. The average molecular weight is 339 g/mol. The number of aromatic nitrogens is 2. The highest BCUT2D eigenvalue weighted by atomic mass is 32.1. The molecule has 4 aromatic rings. The summed E-state index contributed by atoms with van der Waals surface area (Å²) in [6.07, 6.45) is 0. The normalized spacial score (nSPS) is 11.2. The first-order chi connectivity index (χ1) is 11.7. The SMILES string of the molecule is CCOC(=O)c1cc2c(-c3cc4ccccc4o3)nc(N)nc2s1. The Morgan fingerprint density at radius 3 is 2.92 bits per heavy atom. The second kappa shape index (κ2) is 5.61. The van der Waals surface area contributed by atoms with Crippen LogP contribution in [0.5, 0.6) is 0 Å². The Labute approximate surface area is 140 Å². The highest BCUT2D eigenvalue weighted by Crippen LogP contribution is 2.35. The van der Waals surface area contributed by atoms with Gasteiger partial charge in [0.25, 0.3) is 0 Å². The molecule has 7 heteroatoms. The third-order valence-corrected chi connectivity index (χ3v) is 4.55. The summed E-state index contributed by atoms with van der Waals surface area (Å²) < 4.78 is 10.9. The van der Waals surface area contributed by atoms with E-state index in [2.05, 4.69) is 9.97 Å². The number of rotatable bonds is 3. The first kappa shape index (κ1) is 14.6. The van der Waals surface area contributed by atoms with Crippen molar-refractivity contribution in [3.05, 3.63) is 41.3 Å². The first-order valence-electron chi connectivity index (χ1n) is 7.39. The predicted molar refractivity (Wildman–Crippen MR) is 93.0 cm³/mol. The van der Waals surface area contributed by atoms with Crippen LogP contribution in [0.4, 0.5) is 5.95 Å². The average Bonchev–Trinajstić information content (AvgIpc) is 3.17. The van der Waals surface area contributed by atoms with Crippen LogP contribution >= 0.6 is 11.3 Å². The summed E-state index contributed by atoms with van der Waals surface area (Å²) in [5, 5.41) is 1.69. The molecule has 0 fully saturated rings. The van der Waals surface area contributed by atoms with E-state index in [1.165, 1.54) is 11.3 Å². The van der Waals surface area contributed by atoms with E-state index in [0.717, 1.165) is 16.4 Å². The molecule has 4 rings (SSSR count). The van der Waals surface area contributed by atoms with Crippen LogP contribution in [-0.2, 0) is 4.74 Å². The third kappa shape index (κ3) is 2.39. The van der Waals surface area contributed by atoms with Crippen LogP contribution in [0.15, 0.2) is 40.8 Å². The number of ether oxygens (including phenoxy) is 1. The van der Waals surface area contributed by atoms with Crippen LogP contribution in [-0.4, -0.2) is 22.5 Å². The molecular weight excluding hydrogens is 326 g/mol. The number of para-hydroxylation sites is 1. The lowest BCUT2D eigenvalue weighted by molar-refractivity contribution is 0.0532. The molecule has 1 aromatic carbocycles. The summed E-state index contributed by atoms with van der Waals surface area (Å²) in [5.41, 5.74) is 7.16. The molecule has 120 valence electrons. The Bertz CT molecular complexity index is 1030. The molecule has 3 aromatic heterocycles. The molecule has 0 saturated carbocycles. The molecule has 6 nitrogen and oxygen atoms in total. The number of benzene rings is 1. The summed E-state index contributed by atoms with van der Waals surface area (Å²) in [4.78, 5) is 21.6. The van der Waals surface area contributed by atoms with Crippen LogP contribution in [0.3, 0.4) is 0 Å². The van der Waals surface area contributed by atoms with Crippen molar-refractivity contribution in [3.63, 3.8) is 0 Å². The fourth-order valence-corrected chi connectivity index (χ4v) is 3.46. The molecule has 0 atom stereocenters. The maximum absolute atomic E-state index is 12.0. The molecular formula is C17H13N3O3S. The monoisotopic (exact) mass is 339 g/mol. The van der Waals surface area contributed by atoms with Gasteiger partial charge in [-0.05, 0) is 25.1 Å². The molecule has 3 heterocycles. The van der Waals surface area contributed by atoms with Crippen LogP contribution in [0.25, 0.3) is 32.6 Å². The van der Waals surface area contributed by atoms with Crippen molar-refractivity contribution in [2.45, 2.75) is 6.92 Å². The quantitative estimate of drug-likeness (QED) is 0.570. The molecule has 0 unspecified atom stereocenters. The topological polar surface area (TPSA) is 91.2 Å². The van der Waals surface area contributed by atoms with E-state index in [9.17, 15) is 4.79 Å². The van der Waals surface area contributed by atoms with Gasteiger partial charge in [0, 0.05) is 10.8 Å². The first-order valence-corrected chi connectivity index (χ1v) is 8.20. The minimum Gasteiger partial charge on any atom is -0.462 e. The van der Waals surface area contributed by atoms with Gasteiger partial charge in [0.2, 0.25) is 5.95 Å². The highest BCUT2D eigenvalue weighted by molar-refractivity contribution is 7.20. The van der Waals surface area contributed by atoms with Gasteiger partial charge in [-0.25, -0.2) is 14.8 Å². The number of carbonyl (C=O) groups excluding carboxylic acids is 1. The Hall–Kier alpha value is -2.93. The number of thiophene rings is 1. The zero-order valence-corrected chi connectivity index (χ0v) is 13.6. The summed E-state index contributed by atoms with van der Waals surface area (Å²) in [5.74, 6) is 0.341. The summed E-state index contributed by atoms with van der Waals surface area (Å²) >= 11 is 1.23. The molecule has 0 aliphatic carbocycles. The second-order valence-corrected chi connectivity index (χ2v) is 6.16. The van der Waals surface area contributed by atoms with Gasteiger partial charge in [-0.15, -0.1) is 11.3 Å². The van der Waals surface area contributed by atoms with Gasteiger partial charge in [0.05, 0.1) is 6.61 Å². The van der Waals surface area contributed by atoms with Crippen molar-refractivity contribution in [2.75, 3.05) is 12.3 Å². The predicted octanol–water partition coefficient (Wildman–Crippen LogP) is 3.86. The van der Waals surface area contributed by atoms with E-state index in [1.54, 1.807) is 13.0 Å². The van der Waals surface area contributed by atoms with Gasteiger partial charge in [-0.2, -0.15) is 0 Å². The lowest BCUT2D eigenvalue weighted by Crippen LogP contribution is -2.01. The number of nitrogens with zero attached hydrogens (tertiary/aromatic N) is 2. The van der Waals surface area contributed by atoms with Gasteiger partial charge >= 0.3 is 5.97 Å². The molecule has 0 spiro atoms. The molecule has 24 heavy (non-hydrogen) atoms. The lowest BCUT2D eigenvalue weighted by Gasteiger charge is -1.99. The number of hydrogen-bond donors (Lipinski definition) is 1. The molecule has 0 amide bonds. The van der Waals surface area contributed by atoms with E-state index in [0.29, 0.717) is 27.8 Å². The van der Waals surface area contributed by atoms with E-state index in [-0.39, 0.29) is 11.9 Å². The van der Waals surface area contributed by atoms with Crippen molar-refractivity contribution in [3.8, 4) is 11.5 Å². The third-order valence-electron chi connectivity index (χ3n) is 3.55. The summed E-state index contributed by atoms with van der Waals surface area (Å²) in [6, 6.07) is 11.3. The standard InChI is InChI=1S/C17H13N3O3S/c1-2-22-16(21)13-8-10-14(19-17(18)20-15(10)24-13)12-7-9-5-3-4-6-11(9)23-12/h3-8H,2H2,1H3,(H2,18,19,20). The zero-order valence-electron chi connectivity index (χ0n) is 12.8. The number of furan rings is 1. The van der Waals surface area contributed by atoms with Gasteiger partial charge in [0.15, 0.2) is 5.76 Å².